The number of fused-ring (bicyclic) bond motifs is 2. The number of nitrogen functional groups attached to an aromatic ring is 1. The number of rotatable bonds is 7. The number of carbonyl (C=O) groups is 1. The van der Waals surface area contributed by atoms with Gasteiger partial charge in [0.25, 0.3) is 5.91 Å². The number of morpholine rings is 1. The monoisotopic (exact) mass is 476 g/mol. The number of primary amides is 1. The van der Waals surface area contributed by atoms with Crippen molar-refractivity contribution in [3.8, 4) is 28.7 Å². The van der Waals surface area contributed by atoms with Gasteiger partial charge in [0.15, 0.2) is 5.76 Å². The Kier molecular flexibility index (Phi) is 6.06. The quantitative estimate of drug-likeness (QED) is 0.345. The first-order chi connectivity index (χ1) is 16.5. The van der Waals surface area contributed by atoms with Gasteiger partial charge in [0.05, 0.1) is 30.0 Å². The third-order valence-electron chi connectivity index (χ3n) is 5.89. The van der Waals surface area contributed by atoms with Crippen LogP contribution in [0.1, 0.15) is 21.7 Å². The number of nitriles is 1. The first kappa shape index (κ1) is 22.2. The molecule has 0 radical (unpaired) electrons. The summed E-state index contributed by atoms with van der Waals surface area (Å²) in [7, 11) is 0. The Morgan fingerprint density at radius 1 is 1.29 bits per heavy atom. The summed E-state index contributed by atoms with van der Waals surface area (Å²) in [5.41, 5.74) is 14.1. The smallest absolute Gasteiger partial charge is 0.259 e. The summed E-state index contributed by atoms with van der Waals surface area (Å²) < 4.78 is 11.4. The molecule has 4 heterocycles. The average molecular weight is 477 g/mol. The van der Waals surface area contributed by atoms with E-state index in [9.17, 15) is 10.1 Å². The van der Waals surface area contributed by atoms with E-state index in [4.69, 9.17) is 20.6 Å². The third kappa shape index (κ3) is 4.17. The van der Waals surface area contributed by atoms with Crippen molar-refractivity contribution in [2.45, 2.75) is 6.42 Å². The molecule has 1 fully saturated rings. The highest BCUT2D eigenvalue weighted by atomic mass is 32.1. The Morgan fingerprint density at radius 2 is 2.12 bits per heavy atom. The molecule has 1 saturated heterocycles. The zero-order valence-electron chi connectivity index (χ0n) is 18.5. The van der Waals surface area contributed by atoms with Gasteiger partial charge in [0, 0.05) is 30.6 Å². The van der Waals surface area contributed by atoms with E-state index in [0.717, 1.165) is 44.8 Å². The molecule has 0 spiro atoms. The van der Waals surface area contributed by atoms with Crippen molar-refractivity contribution in [1.29, 1.82) is 5.26 Å². The number of aromatic nitrogens is 1. The first-order valence-electron chi connectivity index (χ1n) is 11.0. The van der Waals surface area contributed by atoms with E-state index < -0.39 is 5.91 Å². The molecule has 2 aliphatic heterocycles. The van der Waals surface area contributed by atoms with Crippen LogP contribution in [0.5, 0.6) is 0 Å². The maximum atomic E-state index is 12.3. The van der Waals surface area contributed by atoms with Crippen LogP contribution in [0.4, 0.5) is 11.5 Å². The Balaban J connectivity index is 1.48. The van der Waals surface area contributed by atoms with Crippen molar-refractivity contribution in [1.82, 2.24) is 9.88 Å². The molecule has 3 aliphatic rings. The second-order valence-electron chi connectivity index (χ2n) is 8.13. The summed E-state index contributed by atoms with van der Waals surface area (Å²) in [5, 5.41) is 13.7. The van der Waals surface area contributed by atoms with E-state index in [2.05, 4.69) is 21.3 Å². The molecule has 1 amide bonds. The summed E-state index contributed by atoms with van der Waals surface area (Å²) in [4.78, 5) is 20.2. The van der Waals surface area contributed by atoms with Crippen LogP contribution in [0.2, 0.25) is 0 Å². The lowest BCUT2D eigenvalue weighted by Crippen LogP contribution is -2.37. The molecule has 5 rings (SSSR count). The molecule has 0 unspecified atom stereocenters. The number of nitrogens with two attached hydrogens (primary N) is 2. The highest BCUT2D eigenvalue weighted by Gasteiger charge is 2.25. The molecule has 0 saturated carbocycles. The highest BCUT2D eigenvalue weighted by molar-refractivity contribution is 7.21. The van der Waals surface area contributed by atoms with Crippen molar-refractivity contribution in [3.63, 3.8) is 0 Å². The maximum absolute atomic E-state index is 12.3. The number of ether oxygens (including phenoxy) is 1. The van der Waals surface area contributed by atoms with Gasteiger partial charge in [-0.15, -0.1) is 11.3 Å². The molecule has 0 aromatic carbocycles. The molecule has 10 heteroatoms. The van der Waals surface area contributed by atoms with Gasteiger partial charge in [0.1, 0.15) is 27.4 Å². The largest absolute Gasteiger partial charge is 0.454 e. The van der Waals surface area contributed by atoms with Crippen molar-refractivity contribution in [3.05, 3.63) is 40.8 Å². The minimum atomic E-state index is -0.603. The van der Waals surface area contributed by atoms with Crippen LogP contribution < -0.4 is 16.8 Å². The summed E-state index contributed by atoms with van der Waals surface area (Å²) in [6, 6.07) is 11.3. The van der Waals surface area contributed by atoms with E-state index >= 15 is 0 Å². The fourth-order valence-electron chi connectivity index (χ4n) is 4.20. The molecule has 174 valence electrons. The second kappa shape index (κ2) is 9.30. The molecule has 0 bridgehead atoms. The number of pyridine rings is 1. The molecule has 5 N–H and O–H groups in total. The number of carbonyl (C=O) groups excluding carboxylic acids is 1. The number of nitrogens with one attached hydrogen (secondary N) is 1. The normalized spacial score (nSPS) is 14.4. The highest BCUT2D eigenvalue weighted by Crippen LogP contribution is 2.43. The van der Waals surface area contributed by atoms with Crippen LogP contribution in [0.15, 0.2) is 34.7 Å². The number of hydrogen-bond acceptors (Lipinski definition) is 9. The Hall–Kier alpha value is -3.65. The number of nitrogens with zero attached hydrogens (tertiary/aromatic N) is 3. The van der Waals surface area contributed by atoms with Crippen molar-refractivity contribution in [2.24, 2.45) is 5.73 Å². The van der Waals surface area contributed by atoms with E-state index in [1.54, 1.807) is 12.1 Å². The molecule has 34 heavy (non-hydrogen) atoms. The minimum absolute atomic E-state index is 0.289. The topological polar surface area (TPSA) is 143 Å². The van der Waals surface area contributed by atoms with Gasteiger partial charge < -0.3 is 25.9 Å². The minimum Gasteiger partial charge on any atom is -0.454 e. The summed E-state index contributed by atoms with van der Waals surface area (Å²) in [6.45, 7) is 5.02. The fourth-order valence-corrected chi connectivity index (χ4v) is 5.21. The number of anilines is 2. The first-order valence-corrected chi connectivity index (χ1v) is 11.9. The molecular formula is C24H24N6O3S. The van der Waals surface area contributed by atoms with Gasteiger partial charge in [-0.1, -0.05) is 12.1 Å². The fraction of sp³-hybridized carbons (Fsp3) is 0.292. The average Bonchev–Trinajstić information content (AvgIpc) is 3.45. The van der Waals surface area contributed by atoms with Crippen LogP contribution in [0.3, 0.4) is 0 Å². The van der Waals surface area contributed by atoms with Crippen LogP contribution in [-0.2, 0) is 4.74 Å². The number of thiophene rings is 1. The molecule has 9 nitrogen and oxygen atoms in total. The van der Waals surface area contributed by atoms with E-state index in [0.29, 0.717) is 50.9 Å². The van der Waals surface area contributed by atoms with Crippen LogP contribution in [0.25, 0.3) is 32.9 Å². The zero-order chi connectivity index (χ0) is 23.7. The summed E-state index contributed by atoms with van der Waals surface area (Å²) >= 11 is 1.17. The third-order valence-corrected chi connectivity index (χ3v) is 7.01. The predicted octanol–water partition coefficient (Wildman–Crippen LogP) is 3.35. The molecule has 1 aliphatic carbocycles. The number of hydrogen-bond donors (Lipinski definition) is 3. The van der Waals surface area contributed by atoms with Gasteiger partial charge in [-0.2, -0.15) is 5.26 Å². The van der Waals surface area contributed by atoms with Gasteiger partial charge in [-0.05, 0) is 31.2 Å². The Morgan fingerprint density at radius 3 is 2.88 bits per heavy atom. The zero-order valence-corrected chi connectivity index (χ0v) is 19.3. The SMILES string of the molecule is N#Cc1cc2c(-c3oc4cccc-4cc3N)c(C(N)=O)sc2nc1NCCCN1CCOCC1. The van der Waals surface area contributed by atoms with Gasteiger partial charge in [-0.25, -0.2) is 4.98 Å². The lowest BCUT2D eigenvalue weighted by molar-refractivity contribution is 0.0378. The van der Waals surface area contributed by atoms with E-state index in [1.807, 2.05) is 18.2 Å². The van der Waals surface area contributed by atoms with Gasteiger partial charge in [-0.3, -0.25) is 9.69 Å². The van der Waals surface area contributed by atoms with Crippen LogP contribution >= 0.6 is 11.3 Å². The maximum Gasteiger partial charge on any atom is 0.259 e. The van der Waals surface area contributed by atoms with E-state index in [1.165, 1.54) is 11.3 Å². The van der Waals surface area contributed by atoms with Crippen LogP contribution in [-0.4, -0.2) is 55.2 Å². The standard InChI is InChI=1S/C24H24N6O3S/c25-13-15-11-16-19(20-17(26)12-14-3-1-4-18(14)33-20)21(22(27)31)34-24(16)29-23(15)28-5-2-6-30-7-9-32-10-8-30/h1,3-4,11-12H,2,5-10,26H2,(H2,27,31)(H,28,29). The van der Waals surface area contributed by atoms with E-state index in [-0.39, 0.29) is 4.88 Å². The van der Waals surface area contributed by atoms with Gasteiger partial charge >= 0.3 is 0 Å². The Bertz CT molecular complexity index is 1370. The number of amides is 1. The van der Waals surface area contributed by atoms with Crippen molar-refractivity contribution < 1.29 is 13.9 Å². The lowest BCUT2D eigenvalue weighted by atomic mass is 10.0. The molecule has 0 atom stereocenters. The summed E-state index contributed by atoms with van der Waals surface area (Å²) in [6.07, 6.45) is 0.905. The van der Waals surface area contributed by atoms with Gasteiger partial charge in [0.2, 0.25) is 0 Å². The summed E-state index contributed by atoms with van der Waals surface area (Å²) in [5.74, 6) is 0.868. The van der Waals surface area contributed by atoms with Crippen LogP contribution in [0, 0.1) is 11.3 Å². The predicted molar refractivity (Wildman–Crippen MR) is 132 cm³/mol. The van der Waals surface area contributed by atoms with Crippen molar-refractivity contribution >= 4 is 39.0 Å². The molecule has 2 aromatic heterocycles. The Labute approximate surface area is 200 Å². The lowest BCUT2D eigenvalue weighted by Gasteiger charge is -2.26. The van der Waals surface area contributed by atoms with Crippen molar-refractivity contribution in [2.75, 3.05) is 50.4 Å². The second-order valence-corrected chi connectivity index (χ2v) is 9.13. The molecular weight excluding hydrogens is 452 g/mol. The molecule has 2 aromatic rings.